The van der Waals surface area contributed by atoms with E-state index in [9.17, 15) is 26.4 Å². The zero-order valence-corrected chi connectivity index (χ0v) is 17.9. The average molecular weight is 466 g/mol. The lowest BCUT2D eigenvalue weighted by atomic mass is 10.1. The average Bonchev–Trinajstić information content (AvgIpc) is 3.02. The van der Waals surface area contributed by atoms with Crippen LogP contribution < -0.4 is 0 Å². The third-order valence-corrected chi connectivity index (χ3v) is 9.92. The fraction of sp³-hybridized carbons (Fsp3) is 0.421. The number of halogens is 3. The number of benzene rings is 2. The first kappa shape index (κ1) is 22.7. The number of rotatable bonds is 5. The fourth-order valence-corrected chi connectivity index (χ4v) is 8.83. The van der Waals surface area contributed by atoms with Crippen LogP contribution in [0.5, 0.6) is 0 Å². The Kier molecular flexibility index (Phi) is 6.26. The molecule has 30 heavy (non-hydrogen) atoms. The molecule has 0 aliphatic carbocycles. The molecule has 0 radical (unpaired) electrons. The van der Waals surface area contributed by atoms with Crippen molar-refractivity contribution in [2.45, 2.75) is 48.6 Å². The molecule has 6 nitrogen and oxygen atoms in total. The maximum Gasteiger partial charge on any atom is 0.523 e. The summed E-state index contributed by atoms with van der Waals surface area (Å²) in [6.07, 6.45) is -1.12. The molecule has 2 unspecified atom stereocenters. The van der Waals surface area contributed by atoms with Crippen molar-refractivity contribution in [2.75, 3.05) is 5.75 Å². The highest BCUT2D eigenvalue weighted by Gasteiger charge is 2.55. The summed E-state index contributed by atoms with van der Waals surface area (Å²) >= 11 is 0. The Balaban J connectivity index is 2.15. The third kappa shape index (κ3) is 4.37. The van der Waals surface area contributed by atoms with Gasteiger partial charge < -0.3 is 9.47 Å². The van der Waals surface area contributed by atoms with Crippen molar-refractivity contribution in [1.29, 1.82) is 0 Å². The number of ether oxygens (including phenoxy) is 2. The fourth-order valence-electron chi connectivity index (χ4n) is 3.31. The van der Waals surface area contributed by atoms with Crippen molar-refractivity contribution < 1.29 is 39.5 Å². The van der Waals surface area contributed by atoms with Crippen LogP contribution in [0, 0.1) is 0 Å². The minimum absolute atomic E-state index is 0.00402. The monoisotopic (exact) mass is 466 g/mol. The predicted octanol–water partition coefficient (Wildman–Crippen LogP) is 5.47. The summed E-state index contributed by atoms with van der Waals surface area (Å²) in [6.45, 7) is 3.18. The van der Waals surface area contributed by atoms with Crippen LogP contribution in [-0.4, -0.2) is 37.4 Å². The van der Waals surface area contributed by atoms with Gasteiger partial charge in [-0.2, -0.15) is 21.6 Å². The van der Waals surface area contributed by atoms with E-state index < -0.39 is 43.6 Å². The first-order valence-corrected chi connectivity index (χ1v) is 12.3. The lowest BCUT2D eigenvalue weighted by Gasteiger charge is -2.39. The van der Waals surface area contributed by atoms with E-state index in [4.69, 9.17) is 13.1 Å². The standard InChI is InChI=1S/C19H21F3O6S2/c1-13(2)26-18(23)27-17-11-6-12-29(17,28-30(24,25)19(20,21)22)16-10-5-8-14-7-3-4-9-15(14)16/h3-5,7-10,13,17H,6,11-12H2,1-2H3. The van der Waals surface area contributed by atoms with Crippen molar-refractivity contribution in [3.05, 3.63) is 42.5 Å². The molecule has 0 aromatic heterocycles. The van der Waals surface area contributed by atoms with Crippen molar-refractivity contribution in [3.63, 3.8) is 0 Å². The summed E-state index contributed by atoms with van der Waals surface area (Å²) in [5, 5.41) is 1.24. The molecule has 1 heterocycles. The van der Waals surface area contributed by atoms with Crippen LogP contribution in [0.4, 0.5) is 18.0 Å². The third-order valence-electron chi connectivity index (χ3n) is 4.49. The molecule has 1 saturated heterocycles. The Labute approximate surface area is 173 Å². The van der Waals surface area contributed by atoms with E-state index >= 15 is 0 Å². The molecular weight excluding hydrogens is 445 g/mol. The van der Waals surface area contributed by atoms with Gasteiger partial charge in [0.25, 0.3) is 0 Å². The molecule has 0 spiro atoms. The van der Waals surface area contributed by atoms with Crippen LogP contribution in [0.15, 0.2) is 47.4 Å². The van der Waals surface area contributed by atoms with Gasteiger partial charge >= 0.3 is 21.8 Å². The highest BCUT2D eigenvalue weighted by molar-refractivity contribution is 8.33. The van der Waals surface area contributed by atoms with Gasteiger partial charge in [0.2, 0.25) is 0 Å². The molecule has 2 atom stereocenters. The van der Waals surface area contributed by atoms with Crippen LogP contribution in [0.3, 0.4) is 0 Å². The minimum Gasteiger partial charge on any atom is -0.432 e. The summed E-state index contributed by atoms with van der Waals surface area (Å²) in [4.78, 5) is 12.4. The summed E-state index contributed by atoms with van der Waals surface area (Å²) in [5.41, 5.74) is -6.81. The van der Waals surface area contributed by atoms with Gasteiger partial charge in [-0.05, 0) is 43.5 Å². The molecule has 2 aromatic rings. The Hall–Kier alpha value is -1.98. The molecule has 1 aliphatic rings. The van der Waals surface area contributed by atoms with Crippen molar-refractivity contribution in [2.24, 2.45) is 0 Å². The Morgan fingerprint density at radius 3 is 2.47 bits per heavy atom. The SMILES string of the molecule is CC(C)OC(=O)OC1CCCS1(OS(=O)(=O)C(F)(F)F)c1cccc2ccccc12. The van der Waals surface area contributed by atoms with E-state index in [0.717, 1.165) is 0 Å². The number of hydrogen-bond acceptors (Lipinski definition) is 6. The lowest BCUT2D eigenvalue weighted by Crippen LogP contribution is -2.32. The molecule has 1 aliphatic heterocycles. The van der Waals surface area contributed by atoms with Crippen molar-refractivity contribution >= 4 is 37.4 Å². The quantitative estimate of drug-likeness (QED) is 0.430. The van der Waals surface area contributed by atoms with E-state index in [2.05, 4.69) is 0 Å². The molecule has 0 bridgehead atoms. The van der Waals surface area contributed by atoms with E-state index in [1.807, 2.05) is 0 Å². The maximum absolute atomic E-state index is 13.2. The van der Waals surface area contributed by atoms with Gasteiger partial charge in [0, 0.05) is 10.6 Å². The number of carbonyl (C=O) groups excluding carboxylic acids is 1. The summed E-state index contributed by atoms with van der Waals surface area (Å²) in [6, 6.07) is 11.8. The molecule has 0 saturated carbocycles. The predicted molar refractivity (Wildman–Crippen MR) is 106 cm³/mol. The van der Waals surface area contributed by atoms with E-state index in [0.29, 0.717) is 17.2 Å². The van der Waals surface area contributed by atoms with Crippen molar-refractivity contribution in [3.8, 4) is 0 Å². The molecule has 0 N–H and O–H groups in total. The normalized spacial score (nSPS) is 24.5. The topological polar surface area (TPSA) is 78.9 Å². The summed E-state index contributed by atoms with van der Waals surface area (Å²) in [7, 11) is -9.15. The van der Waals surface area contributed by atoms with E-state index in [1.54, 1.807) is 50.2 Å². The molecular formula is C19H21F3O6S2. The van der Waals surface area contributed by atoms with Gasteiger partial charge in [0.1, 0.15) is 0 Å². The van der Waals surface area contributed by atoms with Crippen LogP contribution in [-0.2, 0) is 23.2 Å². The van der Waals surface area contributed by atoms with Gasteiger partial charge in [-0.15, -0.1) is 0 Å². The summed E-state index contributed by atoms with van der Waals surface area (Å²) in [5.74, 6) is -0.00402. The Morgan fingerprint density at radius 2 is 1.80 bits per heavy atom. The van der Waals surface area contributed by atoms with Crippen molar-refractivity contribution in [1.82, 2.24) is 0 Å². The van der Waals surface area contributed by atoms with Gasteiger partial charge in [0.05, 0.1) is 6.10 Å². The molecule has 1 fully saturated rings. The second kappa shape index (κ2) is 8.27. The Morgan fingerprint density at radius 1 is 1.13 bits per heavy atom. The lowest BCUT2D eigenvalue weighted by molar-refractivity contribution is -0.0497. The highest BCUT2D eigenvalue weighted by atomic mass is 32.3. The molecule has 2 aromatic carbocycles. The van der Waals surface area contributed by atoms with E-state index in [1.165, 1.54) is 6.07 Å². The van der Waals surface area contributed by atoms with Crippen LogP contribution in [0.2, 0.25) is 0 Å². The largest absolute Gasteiger partial charge is 0.523 e. The highest BCUT2D eigenvalue weighted by Crippen LogP contribution is 2.69. The van der Waals surface area contributed by atoms with Crippen LogP contribution in [0.1, 0.15) is 26.7 Å². The van der Waals surface area contributed by atoms with Gasteiger partial charge in [-0.25, -0.2) is 8.42 Å². The zero-order valence-electron chi connectivity index (χ0n) is 16.2. The molecule has 11 heteroatoms. The number of fused-ring (bicyclic) bond motifs is 1. The van der Waals surface area contributed by atoms with Gasteiger partial charge in [-0.3, -0.25) is 0 Å². The molecule has 3 rings (SSSR count). The number of carbonyl (C=O) groups is 1. The van der Waals surface area contributed by atoms with Gasteiger partial charge in [-0.1, -0.05) is 46.7 Å². The van der Waals surface area contributed by atoms with E-state index in [-0.39, 0.29) is 17.1 Å². The Bertz CT molecular complexity index is 1030. The van der Waals surface area contributed by atoms with Crippen LogP contribution >= 0.6 is 10.3 Å². The second-order valence-electron chi connectivity index (χ2n) is 6.98. The second-order valence-corrected chi connectivity index (χ2v) is 11.7. The van der Waals surface area contributed by atoms with Crippen LogP contribution in [0.25, 0.3) is 10.8 Å². The molecule has 0 amide bonds. The number of alkyl halides is 3. The first-order chi connectivity index (χ1) is 14.0. The summed E-state index contributed by atoms with van der Waals surface area (Å²) < 4.78 is 78.9. The zero-order chi connectivity index (χ0) is 22.2. The number of hydrogen-bond donors (Lipinski definition) is 0. The van der Waals surface area contributed by atoms with Gasteiger partial charge in [0.15, 0.2) is 5.44 Å². The molecule has 166 valence electrons. The smallest absolute Gasteiger partial charge is 0.432 e. The first-order valence-electron chi connectivity index (χ1n) is 9.13. The maximum atomic E-state index is 13.2. The minimum atomic E-state index is -5.94.